The second kappa shape index (κ2) is 8.02. The van der Waals surface area contributed by atoms with Gasteiger partial charge in [-0.15, -0.1) is 0 Å². The Kier molecular flexibility index (Phi) is 5.53. The highest BCUT2D eigenvalue weighted by Gasteiger charge is 2.27. The van der Waals surface area contributed by atoms with Crippen molar-refractivity contribution in [3.8, 4) is 5.75 Å². The minimum atomic E-state index is -0.718. The number of carbonyl (C=O) groups is 1. The lowest BCUT2D eigenvalue weighted by molar-refractivity contribution is 0.0386. The number of ether oxygens (including phenoxy) is 2. The van der Waals surface area contributed by atoms with E-state index in [1.165, 1.54) is 7.11 Å². The summed E-state index contributed by atoms with van der Waals surface area (Å²) < 4.78 is 15.6. The molecule has 0 unspecified atom stereocenters. The summed E-state index contributed by atoms with van der Waals surface area (Å²) in [7, 11) is 4.95. The normalized spacial score (nSPS) is 14.0. The molecule has 2 aromatic rings. The van der Waals surface area contributed by atoms with E-state index in [-0.39, 0.29) is 36.2 Å². The molecule has 0 spiro atoms. The molecule has 0 fully saturated rings. The second-order valence-electron chi connectivity index (χ2n) is 5.89. The third-order valence-corrected chi connectivity index (χ3v) is 3.67. The number of furan rings is 1. The van der Waals surface area contributed by atoms with Gasteiger partial charge in [-0.3, -0.25) is 5.43 Å². The lowest BCUT2D eigenvalue weighted by atomic mass is 10.1. The van der Waals surface area contributed by atoms with Gasteiger partial charge < -0.3 is 19.0 Å². The van der Waals surface area contributed by atoms with Gasteiger partial charge in [-0.25, -0.2) is 19.8 Å². The average Bonchev–Trinajstić information content (AvgIpc) is 3.17. The zero-order chi connectivity index (χ0) is 19.4. The maximum absolute atomic E-state index is 12.4. The van der Waals surface area contributed by atoms with E-state index in [1.807, 2.05) is 6.07 Å². The zero-order valence-electron chi connectivity index (χ0n) is 15.2. The minimum Gasteiger partial charge on any atom is -0.504 e. The van der Waals surface area contributed by atoms with Gasteiger partial charge in [0.05, 0.1) is 6.61 Å². The van der Waals surface area contributed by atoms with Gasteiger partial charge in [0.1, 0.15) is 6.61 Å². The molecule has 0 saturated heterocycles. The third-order valence-electron chi connectivity index (χ3n) is 3.67. The first kappa shape index (κ1) is 18.6. The number of hydrogen-bond donors (Lipinski definition) is 2. The Hall–Kier alpha value is -3.17. The number of aromatic hydroxyl groups is 1. The van der Waals surface area contributed by atoms with Gasteiger partial charge in [-0.1, -0.05) is 0 Å². The van der Waals surface area contributed by atoms with Crippen LogP contribution in [0.2, 0.25) is 0 Å². The smallest absolute Gasteiger partial charge is 0.347 e. The first-order valence-electron chi connectivity index (χ1n) is 8.18. The summed E-state index contributed by atoms with van der Waals surface area (Å²) in [5.74, 6) is -0.269. The summed E-state index contributed by atoms with van der Waals surface area (Å²) in [6.07, 6.45) is 4.87. The van der Waals surface area contributed by atoms with Gasteiger partial charge in [0.2, 0.25) is 5.88 Å². The number of methoxy groups -OCH3 is 1. The van der Waals surface area contributed by atoms with E-state index in [9.17, 15) is 9.90 Å². The minimum absolute atomic E-state index is 0.0590. The van der Waals surface area contributed by atoms with Crippen molar-refractivity contribution in [2.45, 2.75) is 0 Å². The van der Waals surface area contributed by atoms with Crippen molar-refractivity contribution < 1.29 is 23.8 Å². The molecule has 2 N–H and O–H groups in total. The number of rotatable bonds is 7. The molecule has 0 aliphatic carbocycles. The fourth-order valence-electron chi connectivity index (χ4n) is 2.48. The largest absolute Gasteiger partial charge is 0.504 e. The Morgan fingerprint density at radius 1 is 1.41 bits per heavy atom. The Balaban J connectivity index is 1.96. The van der Waals surface area contributed by atoms with Crippen LogP contribution < -0.4 is 5.43 Å². The molecular formula is C18H20N4O5. The third kappa shape index (κ3) is 3.99. The molecule has 1 aliphatic rings. The molecule has 0 bridgehead atoms. The maximum atomic E-state index is 12.4. The zero-order valence-corrected chi connectivity index (χ0v) is 15.2. The van der Waals surface area contributed by atoms with Crippen molar-refractivity contribution in [2.24, 2.45) is 4.99 Å². The summed E-state index contributed by atoms with van der Waals surface area (Å²) in [4.78, 5) is 20.8. The number of anilines is 1. The number of aromatic nitrogens is 1. The second-order valence-corrected chi connectivity index (χ2v) is 5.89. The lowest BCUT2D eigenvalue weighted by Gasteiger charge is -2.11. The van der Waals surface area contributed by atoms with Crippen LogP contribution in [-0.2, 0) is 9.47 Å². The highest BCUT2D eigenvalue weighted by atomic mass is 16.6. The molecule has 3 rings (SSSR count). The van der Waals surface area contributed by atoms with E-state index in [4.69, 9.17) is 13.9 Å². The van der Waals surface area contributed by atoms with Gasteiger partial charge in [-0.2, -0.15) is 0 Å². The van der Waals surface area contributed by atoms with E-state index in [2.05, 4.69) is 15.4 Å². The summed E-state index contributed by atoms with van der Waals surface area (Å²) in [5, 5.41) is 12.1. The number of esters is 1. The maximum Gasteiger partial charge on any atom is 0.347 e. The van der Waals surface area contributed by atoms with E-state index in [1.54, 1.807) is 43.7 Å². The quantitative estimate of drug-likeness (QED) is 0.433. The van der Waals surface area contributed by atoms with E-state index < -0.39 is 5.97 Å². The van der Waals surface area contributed by atoms with Gasteiger partial charge >= 0.3 is 5.97 Å². The lowest BCUT2D eigenvalue weighted by Crippen LogP contribution is -2.21. The highest BCUT2D eigenvalue weighted by Crippen LogP contribution is 2.38. The summed E-state index contributed by atoms with van der Waals surface area (Å²) in [6.45, 7) is 0.307. The molecule has 9 nitrogen and oxygen atoms in total. The molecule has 0 amide bonds. The summed E-state index contributed by atoms with van der Waals surface area (Å²) in [6, 6.07) is 3.65. The Morgan fingerprint density at radius 2 is 2.22 bits per heavy atom. The van der Waals surface area contributed by atoms with Crippen molar-refractivity contribution in [3.05, 3.63) is 35.2 Å². The molecule has 0 saturated carbocycles. The standard InChI is InChI=1S/C18H20N4O5/c1-22(2)21-17-14(18(24)26-8-7-25-3)15(23)13(27-17)9-11-10-20-16-12(11)5-4-6-19-16/h4-6,9-10,21,23H,7-8H2,1-3H3. The monoisotopic (exact) mass is 372 g/mol. The fraction of sp³-hybridized carbons (Fsp3) is 0.278. The van der Waals surface area contributed by atoms with Crippen LogP contribution in [0.25, 0.3) is 11.6 Å². The fourth-order valence-corrected chi connectivity index (χ4v) is 2.48. The van der Waals surface area contributed by atoms with Crippen molar-refractivity contribution >= 4 is 35.5 Å². The van der Waals surface area contributed by atoms with Crippen LogP contribution in [0.15, 0.2) is 27.7 Å². The first-order chi connectivity index (χ1) is 13.0. The number of fused-ring (bicyclic) bond motifs is 1. The molecule has 0 atom stereocenters. The Labute approximate surface area is 155 Å². The van der Waals surface area contributed by atoms with Crippen molar-refractivity contribution in [3.63, 3.8) is 0 Å². The molecule has 2 aromatic heterocycles. The molecule has 9 heteroatoms. The van der Waals surface area contributed by atoms with Crippen molar-refractivity contribution in [2.75, 3.05) is 39.8 Å². The van der Waals surface area contributed by atoms with Crippen LogP contribution in [0.3, 0.4) is 0 Å². The number of aliphatic imine (C=N–C) groups is 1. The van der Waals surface area contributed by atoms with Crippen molar-refractivity contribution in [1.29, 1.82) is 0 Å². The SMILES string of the molecule is COCCOC(=O)c1c(NN(C)C)oc(C=C2C=Nc3ncccc32)c1O. The van der Waals surface area contributed by atoms with E-state index in [0.29, 0.717) is 11.4 Å². The molecule has 0 aromatic carbocycles. The van der Waals surface area contributed by atoms with Crippen LogP contribution in [0.1, 0.15) is 21.7 Å². The van der Waals surface area contributed by atoms with Crippen LogP contribution >= 0.6 is 0 Å². The van der Waals surface area contributed by atoms with Crippen molar-refractivity contribution in [1.82, 2.24) is 9.99 Å². The number of allylic oxidation sites excluding steroid dienone is 1. The highest BCUT2D eigenvalue weighted by molar-refractivity contribution is 6.21. The molecule has 142 valence electrons. The number of carbonyl (C=O) groups excluding carboxylic acids is 1. The molecule has 1 aliphatic heterocycles. The number of nitrogens with one attached hydrogen (secondary N) is 1. The Morgan fingerprint density at radius 3 is 2.96 bits per heavy atom. The molecule has 3 heterocycles. The molecule has 0 radical (unpaired) electrons. The van der Waals surface area contributed by atoms with Crippen LogP contribution in [-0.4, -0.2) is 61.7 Å². The van der Waals surface area contributed by atoms with E-state index >= 15 is 0 Å². The average molecular weight is 372 g/mol. The Bertz CT molecular complexity index is 901. The summed E-state index contributed by atoms with van der Waals surface area (Å²) >= 11 is 0. The topological polar surface area (TPSA) is 109 Å². The number of nitrogens with zero attached hydrogens (tertiary/aromatic N) is 3. The van der Waals surface area contributed by atoms with Gasteiger partial charge in [0, 0.05) is 44.8 Å². The molecular weight excluding hydrogens is 352 g/mol. The number of pyridine rings is 1. The van der Waals surface area contributed by atoms with Crippen LogP contribution in [0.5, 0.6) is 5.75 Å². The number of hydrazine groups is 1. The first-order valence-corrected chi connectivity index (χ1v) is 8.18. The van der Waals surface area contributed by atoms with Gasteiger partial charge in [0.25, 0.3) is 0 Å². The van der Waals surface area contributed by atoms with Gasteiger partial charge in [0.15, 0.2) is 22.9 Å². The van der Waals surface area contributed by atoms with Crippen LogP contribution in [0.4, 0.5) is 11.7 Å². The number of hydrogen-bond acceptors (Lipinski definition) is 9. The predicted molar refractivity (Wildman–Crippen MR) is 100 cm³/mol. The van der Waals surface area contributed by atoms with E-state index in [0.717, 1.165) is 5.56 Å². The van der Waals surface area contributed by atoms with Gasteiger partial charge in [-0.05, 0) is 18.2 Å². The molecule has 27 heavy (non-hydrogen) atoms. The van der Waals surface area contributed by atoms with Crippen LogP contribution in [0, 0.1) is 0 Å². The predicted octanol–water partition coefficient (Wildman–Crippen LogP) is 2.33. The summed E-state index contributed by atoms with van der Waals surface area (Å²) in [5.41, 5.74) is 4.27.